The Morgan fingerprint density at radius 2 is 1.51 bits per heavy atom. The first-order valence-corrected chi connectivity index (χ1v) is 13.7. The van der Waals surface area contributed by atoms with Crippen LogP contribution < -0.4 is 15.4 Å². The van der Waals surface area contributed by atoms with Crippen LogP contribution in [0.4, 0.5) is 11.8 Å². The third-order valence-corrected chi connectivity index (χ3v) is 8.37. The second kappa shape index (κ2) is 10.2. The minimum absolute atomic E-state index is 0.324. The van der Waals surface area contributed by atoms with Crippen molar-refractivity contribution in [3.05, 3.63) is 66.7 Å². The van der Waals surface area contributed by atoms with E-state index in [1.165, 1.54) is 0 Å². The van der Waals surface area contributed by atoms with Gasteiger partial charge < -0.3 is 10.6 Å². The normalized spacial score (nSPS) is 18.5. The summed E-state index contributed by atoms with van der Waals surface area (Å²) in [5.41, 5.74) is 0.914. The number of nitrogens with zero attached hydrogens (tertiary/aromatic N) is 2. The van der Waals surface area contributed by atoms with Gasteiger partial charge in [-0.25, -0.2) is 18.1 Å². The summed E-state index contributed by atoms with van der Waals surface area (Å²) in [6.45, 7) is 1.30. The summed E-state index contributed by atoms with van der Waals surface area (Å²) >= 11 is 0. The van der Waals surface area contributed by atoms with Crippen LogP contribution in [-0.2, 0) is 10.0 Å². The number of hydrogen-bond acceptors (Lipinski definition) is 6. The van der Waals surface area contributed by atoms with Crippen molar-refractivity contribution in [1.82, 2.24) is 14.7 Å². The summed E-state index contributed by atoms with van der Waals surface area (Å²) in [6, 6.07) is 21.1. The zero-order valence-electron chi connectivity index (χ0n) is 19.9. The Morgan fingerprint density at radius 1 is 0.829 bits per heavy atom. The minimum Gasteiger partial charge on any atom is -0.372 e. The molecule has 0 amide bonds. The van der Waals surface area contributed by atoms with E-state index < -0.39 is 10.0 Å². The van der Waals surface area contributed by atoms with Crippen LogP contribution in [0.5, 0.6) is 0 Å². The van der Waals surface area contributed by atoms with Gasteiger partial charge in [-0.05, 0) is 72.6 Å². The molecule has 1 aromatic heterocycles. The van der Waals surface area contributed by atoms with E-state index in [4.69, 9.17) is 0 Å². The number of fused-ring (bicyclic) bond motifs is 2. The molecule has 35 heavy (non-hydrogen) atoms. The number of hydrogen-bond donors (Lipinski definition) is 3. The second-order valence-electron chi connectivity index (χ2n) is 9.29. The quantitative estimate of drug-likeness (QED) is 0.322. The Bertz CT molecular complexity index is 1430. The molecule has 0 bridgehead atoms. The molecule has 1 aliphatic carbocycles. The lowest BCUT2D eigenvalue weighted by Gasteiger charge is -2.28. The van der Waals surface area contributed by atoms with Gasteiger partial charge in [0.1, 0.15) is 5.82 Å². The van der Waals surface area contributed by atoms with Crippen LogP contribution in [0.3, 0.4) is 0 Å². The van der Waals surface area contributed by atoms with Crippen LogP contribution in [0.1, 0.15) is 25.7 Å². The Hall–Kier alpha value is -3.23. The number of para-hydroxylation sites is 1. The minimum atomic E-state index is -3.52. The van der Waals surface area contributed by atoms with Gasteiger partial charge in [-0.3, -0.25) is 0 Å². The van der Waals surface area contributed by atoms with Crippen LogP contribution in [0.15, 0.2) is 71.6 Å². The fraction of sp³-hybridized carbons (Fsp3) is 0.333. The van der Waals surface area contributed by atoms with Crippen LogP contribution in [0.2, 0.25) is 0 Å². The van der Waals surface area contributed by atoms with E-state index in [0.29, 0.717) is 29.2 Å². The van der Waals surface area contributed by atoms with E-state index in [1.807, 2.05) is 61.6 Å². The van der Waals surface area contributed by atoms with Gasteiger partial charge in [-0.2, -0.15) is 4.98 Å². The molecule has 3 aromatic carbocycles. The third kappa shape index (κ3) is 5.39. The fourth-order valence-corrected chi connectivity index (χ4v) is 6.02. The molecule has 8 heteroatoms. The van der Waals surface area contributed by atoms with Crippen molar-refractivity contribution in [2.24, 2.45) is 11.8 Å². The van der Waals surface area contributed by atoms with Crippen molar-refractivity contribution in [3.63, 3.8) is 0 Å². The molecular formula is C27H31N5O2S. The van der Waals surface area contributed by atoms with Crippen molar-refractivity contribution in [3.8, 4) is 0 Å². The molecule has 5 rings (SSSR count). The number of sulfonamides is 1. The molecule has 4 aromatic rings. The fourth-order valence-electron chi connectivity index (χ4n) is 4.87. The second-order valence-corrected chi connectivity index (χ2v) is 11.1. The molecule has 7 nitrogen and oxygen atoms in total. The van der Waals surface area contributed by atoms with Gasteiger partial charge in [0.15, 0.2) is 0 Å². The lowest BCUT2D eigenvalue weighted by Crippen LogP contribution is -2.32. The van der Waals surface area contributed by atoms with E-state index in [2.05, 4.69) is 25.3 Å². The lowest BCUT2D eigenvalue weighted by atomic mass is 9.82. The highest BCUT2D eigenvalue weighted by atomic mass is 32.2. The molecule has 0 atom stereocenters. The number of anilines is 2. The first-order chi connectivity index (χ1) is 17.0. The van der Waals surface area contributed by atoms with Gasteiger partial charge in [0.25, 0.3) is 0 Å². The van der Waals surface area contributed by atoms with E-state index >= 15 is 0 Å². The molecule has 1 fully saturated rings. The molecule has 0 saturated heterocycles. The Morgan fingerprint density at radius 3 is 2.29 bits per heavy atom. The molecule has 0 spiro atoms. The molecular weight excluding hydrogens is 458 g/mol. The maximum absolute atomic E-state index is 12.8. The molecule has 0 unspecified atom stereocenters. The number of nitrogens with one attached hydrogen (secondary N) is 3. The predicted molar refractivity (Wildman–Crippen MR) is 142 cm³/mol. The Balaban J connectivity index is 1.13. The van der Waals surface area contributed by atoms with E-state index in [0.717, 1.165) is 59.7 Å². The van der Waals surface area contributed by atoms with Gasteiger partial charge in [0, 0.05) is 25.5 Å². The van der Waals surface area contributed by atoms with Crippen molar-refractivity contribution >= 4 is 43.5 Å². The monoisotopic (exact) mass is 489 g/mol. The zero-order chi connectivity index (χ0) is 24.3. The highest BCUT2D eigenvalue weighted by Gasteiger charge is 2.23. The summed E-state index contributed by atoms with van der Waals surface area (Å²) in [5.74, 6) is 2.34. The zero-order valence-corrected chi connectivity index (χ0v) is 20.7. The summed E-state index contributed by atoms with van der Waals surface area (Å²) in [5, 5.41) is 9.54. The SMILES string of the molecule is CNc1nc(NCC2CCC(CNS(=O)(=O)c3ccc4ccccc4c3)CC2)nc2ccccc12. The lowest BCUT2D eigenvalue weighted by molar-refractivity contribution is 0.284. The Kier molecular flexibility index (Phi) is 6.83. The van der Waals surface area contributed by atoms with Gasteiger partial charge >= 0.3 is 0 Å². The highest BCUT2D eigenvalue weighted by molar-refractivity contribution is 7.89. The van der Waals surface area contributed by atoms with Gasteiger partial charge in [0.05, 0.1) is 10.4 Å². The summed E-state index contributed by atoms with van der Waals surface area (Å²) < 4.78 is 28.5. The summed E-state index contributed by atoms with van der Waals surface area (Å²) in [4.78, 5) is 9.59. The molecule has 0 radical (unpaired) electrons. The molecule has 0 aliphatic heterocycles. The maximum atomic E-state index is 12.8. The van der Waals surface area contributed by atoms with E-state index in [9.17, 15) is 8.42 Å². The summed E-state index contributed by atoms with van der Waals surface area (Å²) in [6.07, 6.45) is 4.13. The molecule has 182 valence electrons. The van der Waals surface area contributed by atoms with Crippen molar-refractivity contribution in [2.75, 3.05) is 30.8 Å². The largest absolute Gasteiger partial charge is 0.372 e. The average molecular weight is 490 g/mol. The van der Waals surface area contributed by atoms with Crippen molar-refractivity contribution in [2.45, 2.75) is 30.6 Å². The topological polar surface area (TPSA) is 96.0 Å². The summed E-state index contributed by atoms with van der Waals surface area (Å²) in [7, 11) is -1.65. The molecule has 3 N–H and O–H groups in total. The first kappa shape index (κ1) is 23.5. The highest BCUT2D eigenvalue weighted by Crippen LogP contribution is 2.29. The van der Waals surface area contributed by atoms with Crippen molar-refractivity contribution in [1.29, 1.82) is 0 Å². The number of aromatic nitrogens is 2. The Labute approximate surface area is 206 Å². The molecule has 1 aliphatic rings. The first-order valence-electron chi connectivity index (χ1n) is 12.2. The van der Waals surface area contributed by atoms with Crippen LogP contribution >= 0.6 is 0 Å². The van der Waals surface area contributed by atoms with Gasteiger partial charge in [-0.1, -0.05) is 42.5 Å². The van der Waals surface area contributed by atoms with Gasteiger partial charge in [0.2, 0.25) is 16.0 Å². The molecule has 1 heterocycles. The third-order valence-electron chi connectivity index (χ3n) is 6.95. The van der Waals surface area contributed by atoms with E-state index in [-0.39, 0.29) is 0 Å². The predicted octanol–water partition coefficient (Wildman–Crippen LogP) is 5.02. The smallest absolute Gasteiger partial charge is 0.240 e. The molecule has 1 saturated carbocycles. The van der Waals surface area contributed by atoms with Crippen LogP contribution in [0.25, 0.3) is 21.7 Å². The maximum Gasteiger partial charge on any atom is 0.240 e. The van der Waals surface area contributed by atoms with Crippen LogP contribution in [0, 0.1) is 11.8 Å². The standard InChI is InChI=1S/C27H31N5O2S/c1-28-26-24-8-4-5-9-25(24)31-27(32-26)29-17-19-10-12-20(13-11-19)18-30-35(33,34)23-15-14-21-6-2-3-7-22(21)16-23/h2-9,14-16,19-20,30H,10-13,17-18H2,1H3,(H2,28,29,31,32). The average Bonchev–Trinajstić information content (AvgIpc) is 2.90. The van der Waals surface area contributed by atoms with Gasteiger partial charge in [-0.15, -0.1) is 0 Å². The van der Waals surface area contributed by atoms with E-state index in [1.54, 1.807) is 12.1 Å². The number of benzene rings is 3. The van der Waals surface area contributed by atoms with Crippen LogP contribution in [-0.4, -0.2) is 38.5 Å². The number of rotatable bonds is 8. The van der Waals surface area contributed by atoms with Crippen molar-refractivity contribution < 1.29 is 8.42 Å².